The molecule has 2 rings (SSSR count). The molecule has 0 bridgehead atoms. The van der Waals surface area contributed by atoms with Crippen molar-refractivity contribution in [2.24, 2.45) is 0 Å². The Balaban J connectivity index is 1.73. The van der Waals surface area contributed by atoms with Gasteiger partial charge in [-0.1, -0.05) is 35.4 Å². The van der Waals surface area contributed by atoms with Crippen molar-refractivity contribution in [1.29, 1.82) is 0 Å². The second-order valence-corrected chi connectivity index (χ2v) is 6.47. The van der Waals surface area contributed by atoms with E-state index >= 15 is 0 Å². The Kier molecular flexibility index (Phi) is 8.75. The van der Waals surface area contributed by atoms with Crippen molar-refractivity contribution in [2.75, 3.05) is 13.2 Å². The first-order chi connectivity index (χ1) is 13.9. The van der Waals surface area contributed by atoms with Gasteiger partial charge in [0.2, 0.25) is 0 Å². The van der Waals surface area contributed by atoms with Crippen molar-refractivity contribution in [2.45, 2.75) is 33.5 Å². The fraction of sp³-hybridized carbons (Fsp3) is 0.333. The number of rotatable bonds is 11. The van der Waals surface area contributed by atoms with Gasteiger partial charge in [0.1, 0.15) is 13.2 Å². The largest absolute Gasteiger partial charge is 0.478 e. The Morgan fingerprint density at radius 1 is 0.862 bits per heavy atom. The third-order valence-electron chi connectivity index (χ3n) is 4.11. The van der Waals surface area contributed by atoms with Crippen LogP contribution in [0, 0.1) is 13.8 Å². The molecule has 0 unspecified atom stereocenters. The molecule has 2 aromatic carbocycles. The molecule has 8 heteroatoms. The molecule has 0 atom stereocenters. The Hall–Kier alpha value is -2.78. The maximum Gasteiger partial charge on any atom is 0.339 e. The summed E-state index contributed by atoms with van der Waals surface area (Å²) in [6.45, 7) is 4.16. The molecule has 0 saturated carbocycles. The lowest BCUT2D eigenvalue weighted by Crippen LogP contribution is -2.13. The maximum absolute atomic E-state index is 12.1. The van der Waals surface area contributed by atoms with Crippen molar-refractivity contribution < 1.29 is 39.4 Å². The second-order valence-electron chi connectivity index (χ2n) is 6.47. The highest BCUT2D eigenvalue weighted by Gasteiger charge is 2.17. The van der Waals surface area contributed by atoms with E-state index in [-0.39, 0.29) is 37.6 Å². The lowest BCUT2D eigenvalue weighted by molar-refractivity contribution is -0.305. The normalized spacial score (nSPS) is 10.7. The first-order valence-electron chi connectivity index (χ1n) is 9.02. The zero-order chi connectivity index (χ0) is 21.2. The van der Waals surface area contributed by atoms with E-state index in [0.717, 1.165) is 22.3 Å². The number of ether oxygens (including phenoxy) is 1. The first-order valence-corrected chi connectivity index (χ1v) is 9.02. The third kappa shape index (κ3) is 6.95. The Morgan fingerprint density at radius 3 is 2.31 bits per heavy atom. The molecule has 156 valence electrons. The van der Waals surface area contributed by atoms with Gasteiger partial charge in [-0.05, 0) is 37.1 Å². The van der Waals surface area contributed by atoms with Crippen molar-refractivity contribution in [3.05, 3.63) is 69.8 Å². The number of hydrogen-bond acceptors (Lipinski definition) is 7. The van der Waals surface area contributed by atoms with Gasteiger partial charge in [0, 0.05) is 6.42 Å². The Bertz CT molecular complexity index is 847. The number of esters is 1. The van der Waals surface area contributed by atoms with Crippen LogP contribution in [0.5, 0.6) is 0 Å². The van der Waals surface area contributed by atoms with Crippen LogP contribution in [0.2, 0.25) is 0 Å². The number of carboxylic acids is 1. The Morgan fingerprint density at radius 2 is 1.59 bits per heavy atom. The van der Waals surface area contributed by atoms with Crippen LogP contribution in [-0.4, -0.2) is 35.5 Å². The molecule has 0 spiro atoms. The summed E-state index contributed by atoms with van der Waals surface area (Å²) < 4.78 is 5.12. The highest BCUT2D eigenvalue weighted by atomic mass is 17.2. The summed E-state index contributed by atoms with van der Waals surface area (Å²) in [6, 6.07) is 10.1. The summed E-state index contributed by atoms with van der Waals surface area (Å²) in [5.41, 5.74) is 3.33. The monoisotopic (exact) mass is 404 g/mol. The second kappa shape index (κ2) is 11.3. The molecule has 8 nitrogen and oxygen atoms in total. The topological polar surface area (TPSA) is 112 Å². The average Bonchev–Trinajstić information content (AvgIpc) is 2.68. The van der Waals surface area contributed by atoms with Crippen molar-refractivity contribution in [3.8, 4) is 0 Å². The summed E-state index contributed by atoms with van der Waals surface area (Å²) in [6.07, 6.45) is 0.375. The van der Waals surface area contributed by atoms with Gasteiger partial charge in [0.15, 0.2) is 0 Å². The average molecular weight is 404 g/mol. The number of aromatic carboxylic acids is 1. The first kappa shape index (κ1) is 22.5. The SMILES string of the molecule is Cc1ccc(COO)c(COOCCCOC(=O)c2cc(C)ccc2C(=O)O)c1. The molecular formula is C21H24O8. The fourth-order valence-electron chi connectivity index (χ4n) is 2.64. The predicted molar refractivity (Wildman–Crippen MR) is 102 cm³/mol. The molecule has 0 aromatic heterocycles. The minimum absolute atomic E-state index is 0.0211. The van der Waals surface area contributed by atoms with Gasteiger partial charge in [0.25, 0.3) is 0 Å². The van der Waals surface area contributed by atoms with Gasteiger partial charge in [-0.25, -0.2) is 24.3 Å². The van der Waals surface area contributed by atoms with Crippen LogP contribution in [0.1, 0.15) is 49.4 Å². The number of benzene rings is 2. The highest BCUT2D eigenvalue weighted by molar-refractivity contribution is 6.02. The van der Waals surface area contributed by atoms with Gasteiger partial charge in [0.05, 0.1) is 24.3 Å². The Labute approximate surface area is 168 Å². The van der Waals surface area contributed by atoms with Gasteiger partial charge in [-0.2, -0.15) is 0 Å². The molecule has 0 radical (unpaired) electrons. The minimum atomic E-state index is -1.18. The van der Waals surface area contributed by atoms with Crippen LogP contribution in [0.3, 0.4) is 0 Å². The van der Waals surface area contributed by atoms with Crippen LogP contribution >= 0.6 is 0 Å². The molecule has 0 saturated heterocycles. The zero-order valence-corrected chi connectivity index (χ0v) is 16.3. The van der Waals surface area contributed by atoms with Gasteiger partial charge < -0.3 is 9.84 Å². The zero-order valence-electron chi connectivity index (χ0n) is 16.3. The van der Waals surface area contributed by atoms with Crippen molar-refractivity contribution in [1.82, 2.24) is 0 Å². The van der Waals surface area contributed by atoms with E-state index in [9.17, 15) is 14.7 Å². The van der Waals surface area contributed by atoms with Crippen molar-refractivity contribution in [3.63, 3.8) is 0 Å². The van der Waals surface area contributed by atoms with Crippen LogP contribution in [-0.2, 0) is 32.6 Å². The van der Waals surface area contributed by atoms with Crippen LogP contribution < -0.4 is 0 Å². The summed E-state index contributed by atoms with van der Waals surface area (Å²) in [5.74, 6) is -1.88. The predicted octanol–water partition coefficient (Wildman–Crippen LogP) is 3.69. The molecule has 29 heavy (non-hydrogen) atoms. The van der Waals surface area contributed by atoms with E-state index in [1.54, 1.807) is 13.0 Å². The summed E-state index contributed by atoms with van der Waals surface area (Å²) >= 11 is 0. The molecular weight excluding hydrogens is 380 g/mol. The van der Waals surface area contributed by atoms with E-state index < -0.39 is 11.9 Å². The van der Waals surface area contributed by atoms with Gasteiger partial charge in [-0.3, -0.25) is 5.26 Å². The number of aryl methyl sites for hydroxylation is 2. The molecule has 0 aliphatic carbocycles. The molecule has 2 aromatic rings. The van der Waals surface area contributed by atoms with Crippen LogP contribution in [0.15, 0.2) is 36.4 Å². The van der Waals surface area contributed by atoms with Crippen LogP contribution in [0.4, 0.5) is 0 Å². The van der Waals surface area contributed by atoms with E-state index in [4.69, 9.17) is 19.8 Å². The number of carbonyl (C=O) groups excluding carboxylic acids is 1. The number of hydrogen-bond donors (Lipinski definition) is 2. The van der Waals surface area contributed by atoms with Crippen LogP contribution in [0.25, 0.3) is 0 Å². The van der Waals surface area contributed by atoms with Crippen molar-refractivity contribution >= 4 is 11.9 Å². The molecule has 0 aliphatic heterocycles. The summed E-state index contributed by atoms with van der Waals surface area (Å²) in [4.78, 5) is 37.8. The number of carboxylic acid groups (broad SMARTS) is 1. The molecule has 0 aliphatic rings. The lowest BCUT2D eigenvalue weighted by atomic mass is 10.0. The summed E-state index contributed by atoms with van der Waals surface area (Å²) in [7, 11) is 0. The molecule has 0 fully saturated rings. The fourth-order valence-corrected chi connectivity index (χ4v) is 2.64. The maximum atomic E-state index is 12.1. The summed E-state index contributed by atoms with van der Waals surface area (Å²) in [5, 5.41) is 17.8. The quantitative estimate of drug-likeness (QED) is 0.252. The molecule has 0 heterocycles. The standard InChI is InChI=1S/C21H24O8/c1-14-4-6-16(12-27-25)17(10-14)13-29-28-9-3-8-26-21(24)19-11-15(2)5-7-18(19)20(22)23/h4-7,10-11,25H,3,8-9,12-13H2,1-2H3,(H,22,23). The van der Waals surface area contributed by atoms with Gasteiger partial charge >= 0.3 is 11.9 Å². The van der Waals surface area contributed by atoms with E-state index in [1.165, 1.54) is 12.1 Å². The lowest BCUT2D eigenvalue weighted by Gasteiger charge is -2.10. The molecule has 0 amide bonds. The van der Waals surface area contributed by atoms with Gasteiger partial charge in [-0.15, -0.1) is 0 Å². The van der Waals surface area contributed by atoms with E-state index in [2.05, 4.69) is 4.89 Å². The third-order valence-corrected chi connectivity index (χ3v) is 4.11. The highest BCUT2D eigenvalue weighted by Crippen LogP contribution is 2.15. The smallest absolute Gasteiger partial charge is 0.339 e. The van der Waals surface area contributed by atoms with E-state index in [0.29, 0.717) is 6.42 Å². The van der Waals surface area contributed by atoms with E-state index in [1.807, 2.05) is 25.1 Å². The number of carbonyl (C=O) groups is 2. The molecule has 2 N–H and O–H groups in total. The minimum Gasteiger partial charge on any atom is -0.478 e.